The number of allylic oxidation sites excluding steroid dienone is 6. The highest BCUT2D eigenvalue weighted by atomic mass is 32.1. The molecule has 0 amide bonds. The number of unbranched alkanes of at least 4 members (excludes halogenated alkanes) is 2. The Hall–Kier alpha value is -4.92. The van der Waals surface area contributed by atoms with E-state index in [0.29, 0.717) is 9.75 Å². The largest absolute Gasteiger partial charge is 0.874 e. The SMILES string of the molecule is CCCCN1/C(=C\C2C(=O)C(c3ccc(/C=C/c4ccc(C5=C([O-])C(/C=C6/N(CCCC)c7ccccc7C6(C)C)C5=O)s4)s3)=C2[O-])C(C)(C)c2ccccc21. The Morgan fingerprint density at radius 3 is 1.38 bits per heavy atom. The van der Waals surface area contributed by atoms with Crippen LogP contribution < -0.4 is 20.0 Å². The second kappa shape index (κ2) is 14.5. The Bertz CT molecular complexity index is 2230. The third-order valence-corrected chi connectivity index (χ3v) is 14.1. The summed E-state index contributed by atoms with van der Waals surface area (Å²) in [7, 11) is 0. The van der Waals surface area contributed by atoms with E-state index in [1.165, 1.54) is 33.8 Å². The van der Waals surface area contributed by atoms with Gasteiger partial charge in [0, 0.05) is 77.3 Å². The van der Waals surface area contributed by atoms with Gasteiger partial charge in [0.2, 0.25) is 0 Å². The van der Waals surface area contributed by atoms with Gasteiger partial charge in [-0.2, -0.15) is 0 Å². The van der Waals surface area contributed by atoms with Gasteiger partial charge in [0.05, 0.1) is 11.8 Å². The monoisotopic (exact) mass is 780 g/mol. The number of Topliss-reactive ketones (excluding diaryl/α,β-unsaturated/α-hetero) is 2. The normalized spacial score (nSPS) is 22.5. The zero-order chi connectivity index (χ0) is 39.5. The number of rotatable bonds is 12. The molecular weight excluding hydrogens is 733 g/mol. The molecule has 56 heavy (non-hydrogen) atoms. The number of anilines is 2. The van der Waals surface area contributed by atoms with E-state index < -0.39 is 11.8 Å². The molecule has 0 fully saturated rings. The first-order valence-corrected chi connectivity index (χ1v) is 21.5. The molecule has 8 rings (SSSR count). The Morgan fingerprint density at radius 1 is 0.607 bits per heavy atom. The van der Waals surface area contributed by atoms with Crippen molar-refractivity contribution in [2.75, 3.05) is 22.9 Å². The molecule has 288 valence electrons. The van der Waals surface area contributed by atoms with Gasteiger partial charge in [0.1, 0.15) is 0 Å². The second-order valence-corrected chi connectivity index (χ2v) is 18.5. The quantitative estimate of drug-likeness (QED) is 0.142. The molecule has 0 saturated carbocycles. The van der Waals surface area contributed by atoms with Crippen molar-refractivity contribution in [3.05, 3.63) is 138 Å². The van der Waals surface area contributed by atoms with Crippen molar-refractivity contribution < 1.29 is 19.8 Å². The third kappa shape index (κ3) is 6.13. The average molecular weight is 781 g/mol. The number of nitrogens with zero attached hydrogens (tertiary/aromatic N) is 2. The maximum atomic E-state index is 13.6. The van der Waals surface area contributed by atoms with E-state index in [0.717, 1.165) is 71.3 Å². The minimum atomic E-state index is -0.769. The summed E-state index contributed by atoms with van der Waals surface area (Å²) in [5.74, 6) is -2.04. The minimum Gasteiger partial charge on any atom is -0.874 e. The number of carbonyl (C=O) groups is 2. The van der Waals surface area contributed by atoms with Crippen LogP contribution in [0.4, 0.5) is 11.4 Å². The van der Waals surface area contributed by atoms with Crippen LogP contribution in [0, 0.1) is 11.8 Å². The van der Waals surface area contributed by atoms with Gasteiger partial charge in [-0.25, -0.2) is 0 Å². The second-order valence-electron chi connectivity index (χ2n) is 16.3. The molecule has 2 unspecified atom stereocenters. The highest BCUT2D eigenvalue weighted by Gasteiger charge is 2.44. The summed E-state index contributed by atoms with van der Waals surface area (Å²) in [6.45, 7) is 14.7. The van der Waals surface area contributed by atoms with Gasteiger partial charge < -0.3 is 20.0 Å². The maximum absolute atomic E-state index is 13.6. The van der Waals surface area contributed by atoms with E-state index in [4.69, 9.17) is 0 Å². The van der Waals surface area contributed by atoms with Crippen molar-refractivity contribution in [3.63, 3.8) is 0 Å². The molecule has 2 aromatic carbocycles. The van der Waals surface area contributed by atoms with Crippen LogP contribution in [-0.2, 0) is 20.4 Å². The number of benzene rings is 2. The van der Waals surface area contributed by atoms with E-state index in [1.807, 2.05) is 60.7 Å². The number of ketones is 2. The number of thiophene rings is 2. The van der Waals surface area contributed by atoms with Crippen LogP contribution in [0.5, 0.6) is 0 Å². The first kappa shape index (κ1) is 38.0. The molecule has 2 aromatic heterocycles. The van der Waals surface area contributed by atoms with Gasteiger partial charge in [-0.05, 0) is 84.7 Å². The molecule has 4 aliphatic rings. The van der Waals surface area contributed by atoms with Crippen molar-refractivity contribution in [3.8, 4) is 0 Å². The van der Waals surface area contributed by atoms with Crippen molar-refractivity contribution in [2.24, 2.45) is 11.8 Å². The van der Waals surface area contributed by atoms with Crippen molar-refractivity contribution in [2.45, 2.75) is 78.1 Å². The van der Waals surface area contributed by atoms with Gasteiger partial charge in [-0.15, -0.1) is 34.2 Å². The summed E-state index contributed by atoms with van der Waals surface area (Å²) in [5, 5.41) is 27.1. The number of hydrogen-bond acceptors (Lipinski definition) is 8. The van der Waals surface area contributed by atoms with E-state index in [-0.39, 0.29) is 45.1 Å². The molecule has 0 N–H and O–H groups in total. The molecule has 0 spiro atoms. The highest BCUT2D eigenvalue weighted by molar-refractivity contribution is 7.15. The lowest BCUT2D eigenvalue weighted by molar-refractivity contribution is -0.313. The molecule has 2 aliphatic heterocycles. The lowest BCUT2D eigenvalue weighted by Gasteiger charge is -2.37. The summed E-state index contributed by atoms with van der Waals surface area (Å²) < 4.78 is 0. The van der Waals surface area contributed by atoms with Crippen LogP contribution in [0.3, 0.4) is 0 Å². The summed E-state index contributed by atoms with van der Waals surface area (Å²) >= 11 is 2.84. The number of fused-ring (bicyclic) bond motifs is 2. The van der Waals surface area contributed by atoms with E-state index in [9.17, 15) is 19.8 Å². The predicted octanol–water partition coefficient (Wildman–Crippen LogP) is 9.48. The molecule has 6 nitrogen and oxygen atoms in total. The molecule has 8 heteroatoms. The molecule has 4 heterocycles. The highest BCUT2D eigenvalue weighted by Crippen LogP contribution is 2.51. The van der Waals surface area contributed by atoms with E-state index >= 15 is 0 Å². The van der Waals surface area contributed by atoms with E-state index in [2.05, 4.69) is 87.7 Å². The smallest absolute Gasteiger partial charge is 0.173 e. The number of para-hydroxylation sites is 2. The molecule has 4 aromatic rings. The van der Waals surface area contributed by atoms with Gasteiger partial charge in [0.15, 0.2) is 11.6 Å². The first-order chi connectivity index (χ1) is 26.9. The first-order valence-electron chi connectivity index (χ1n) is 19.9. The Labute approximate surface area is 338 Å². The average Bonchev–Trinajstić information content (AvgIpc) is 3.94. The molecular formula is C48H48N2O4S2-2. The fourth-order valence-electron chi connectivity index (χ4n) is 8.77. The Kier molecular flexibility index (Phi) is 9.86. The fourth-order valence-corrected chi connectivity index (χ4v) is 10.7. The molecule has 2 atom stereocenters. The zero-order valence-corrected chi connectivity index (χ0v) is 34.6. The standard InChI is InChI=1S/C48H50N2O4S2/c1-7-9-25-49-35-17-13-11-15-33(35)47(3,4)39(49)27-31-43(51)41(44(31)52)37-23-21-29(55-37)19-20-30-22-24-38(56-30)42-45(53)32(46(42)54)28-40-48(5,6)34-16-12-14-18-36(34)50(40)26-10-8-2/h11-24,27-28,31-32,51,53H,7-10,25-26H2,1-6H3/p-2/b20-19+,39-27-,40-28+. The van der Waals surface area contributed by atoms with Gasteiger partial charge in [-0.1, -0.05) is 90.8 Å². The topological polar surface area (TPSA) is 86.7 Å². The maximum Gasteiger partial charge on any atom is 0.173 e. The summed E-state index contributed by atoms with van der Waals surface area (Å²) in [6, 6.07) is 24.3. The Morgan fingerprint density at radius 2 is 1.00 bits per heavy atom. The molecule has 0 bridgehead atoms. The zero-order valence-electron chi connectivity index (χ0n) is 33.0. The third-order valence-electron chi connectivity index (χ3n) is 12.0. The number of hydrogen-bond donors (Lipinski definition) is 0. The van der Waals surface area contributed by atoms with Crippen LogP contribution in [0.25, 0.3) is 23.3 Å². The summed E-state index contributed by atoms with van der Waals surface area (Å²) in [6.07, 6.45) is 11.9. The summed E-state index contributed by atoms with van der Waals surface area (Å²) in [4.78, 5) is 34.9. The van der Waals surface area contributed by atoms with E-state index in [1.54, 1.807) is 0 Å². The summed E-state index contributed by atoms with van der Waals surface area (Å²) in [5.41, 5.74) is 6.74. The lowest BCUT2D eigenvalue weighted by Crippen LogP contribution is -2.37. The minimum absolute atomic E-state index is 0.125. The Balaban J connectivity index is 0.977. The number of carbonyl (C=O) groups excluding carboxylic acids is 2. The molecule has 0 saturated heterocycles. The van der Waals surface area contributed by atoms with Gasteiger partial charge >= 0.3 is 0 Å². The van der Waals surface area contributed by atoms with Crippen LogP contribution in [0.15, 0.2) is 108 Å². The van der Waals surface area contributed by atoms with Gasteiger partial charge in [-0.3, -0.25) is 9.59 Å². The molecule has 0 radical (unpaired) electrons. The van der Waals surface area contributed by atoms with Gasteiger partial charge in [0.25, 0.3) is 0 Å². The molecule has 2 aliphatic carbocycles. The van der Waals surface area contributed by atoms with Crippen LogP contribution in [0.1, 0.15) is 97.9 Å². The van der Waals surface area contributed by atoms with Crippen LogP contribution in [0.2, 0.25) is 0 Å². The van der Waals surface area contributed by atoms with Crippen molar-refractivity contribution >= 4 is 68.9 Å². The van der Waals surface area contributed by atoms with Crippen LogP contribution >= 0.6 is 22.7 Å². The van der Waals surface area contributed by atoms with Crippen molar-refractivity contribution in [1.29, 1.82) is 0 Å². The predicted molar refractivity (Wildman–Crippen MR) is 228 cm³/mol. The van der Waals surface area contributed by atoms with Crippen LogP contribution in [-0.4, -0.2) is 24.7 Å². The lowest BCUT2D eigenvalue weighted by atomic mass is 9.77. The van der Waals surface area contributed by atoms with Crippen molar-refractivity contribution in [1.82, 2.24) is 0 Å². The fraction of sp³-hybridized carbons (Fsp3) is 0.333.